The van der Waals surface area contributed by atoms with Crippen LogP contribution in [0.3, 0.4) is 0 Å². The van der Waals surface area contributed by atoms with E-state index in [0.717, 1.165) is 11.6 Å². The number of nitrogens with one attached hydrogen (secondary N) is 1. The highest BCUT2D eigenvalue weighted by molar-refractivity contribution is 7.04. The van der Waals surface area contributed by atoms with Gasteiger partial charge in [-0.1, -0.05) is 13.3 Å². The van der Waals surface area contributed by atoms with Gasteiger partial charge < -0.3 is 5.32 Å². The molecule has 4 heterocycles. The van der Waals surface area contributed by atoms with E-state index in [2.05, 4.69) is 34.6 Å². The summed E-state index contributed by atoms with van der Waals surface area (Å²) < 4.78 is 81.8. The van der Waals surface area contributed by atoms with Gasteiger partial charge in [0.15, 0.2) is 5.65 Å². The van der Waals surface area contributed by atoms with Crippen LogP contribution in [-0.2, 0) is 18.8 Å². The second kappa shape index (κ2) is 8.50. The molecule has 0 bridgehead atoms. The average molecular weight is 485 g/mol. The Morgan fingerprint density at radius 1 is 0.939 bits per heavy atom. The molecule has 33 heavy (non-hydrogen) atoms. The van der Waals surface area contributed by atoms with Gasteiger partial charge in [-0.2, -0.15) is 30.7 Å². The molecule has 0 saturated heterocycles. The zero-order valence-electron chi connectivity index (χ0n) is 16.7. The van der Waals surface area contributed by atoms with Crippen molar-refractivity contribution in [1.82, 2.24) is 29.3 Å². The van der Waals surface area contributed by atoms with Crippen LogP contribution in [0.1, 0.15) is 30.2 Å². The number of halogens is 6. The second-order valence-corrected chi connectivity index (χ2v) is 7.46. The maximum atomic E-state index is 13.3. The number of pyridine rings is 1. The summed E-state index contributed by atoms with van der Waals surface area (Å²) in [7, 11) is 0. The number of fused-ring (bicyclic) bond motifs is 1. The van der Waals surface area contributed by atoms with Gasteiger partial charge in [0.2, 0.25) is 5.95 Å². The molecule has 0 aliphatic rings. The number of hydrogen-bond donors (Lipinski definition) is 1. The Morgan fingerprint density at radius 3 is 2.30 bits per heavy atom. The van der Waals surface area contributed by atoms with Crippen LogP contribution in [0.5, 0.6) is 0 Å². The van der Waals surface area contributed by atoms with Crippen LogP contribution in [0.4, 0.5) is 38.0 Å². The number of aryl methyl sites for hydroxylation is 1. The first kappa shape index (κ1) is 22.8. The minimum absolute atomic E-state index is 0.0500. The highest BCUT2D eigenvalue weighted by Gasteiger charge is 2.36. The molecule has 172 valence electrons. The van der Waals surface area contributed by atoms with Gasteiger partial charge in [0, 0.05) is 23.5 Å². The molecule has 0 spiro atoms. The molecule has 1 N–H and O–H groups in total. The van der Waals surface area contributed by atoms with Gasteiger partial charge in [0.05, 0.1) is 23.0 Å². The molecule has 4 aromatic heterocycles. The third-order valence-electron chi connectivity index (χ3n) is 4.42. The lowest BCUT2D eigenvalue weighted by Gasteiger charge is -2.12. The highest BCUT2D eigenvalue weighted by Crippen LogP contribution is 2.37. The van der Waals surface area contributed by atoms with E-state index in [1.807, 2.05) is 6.92 Å². The van der Waals surface area contributed by atoms with Gasteiger partial charge in [0.1, 0.15) is 16.9 Å². The molecule has 4 rings (SSSR count). The summed E-state index contributed by atoms with van der Waals surface area (Å²) in [5.74, 6) is -0.123. The van der Waals surface area contributed by atoms with Crippen molar-refractivity contribution in [3.05, 3.63) is 46.9 Å². The van der Waals surface area contributed by atoms with E-state index >= 15 is 0 Å². The molecular formula is C19H13F6N7S. The molecule has 0 aromatic carbocycles. The fourth-order valence-corrected chi connectivity index (χ4v) is 3.63. The minimum atomic E-state index is -4.61. The molecule has 7 nitrogen and oxygen atoms in total. The Balaban J connectivity index is 1.77. The first-order valence-electron chi connectivity index (χ1n) is 9.41. The lowest BCUT2D eigenvalue weighted by molar-refractivity contribution is -0.138. The largest absolute Gasteiger partial charge is 0.419 e. The van der Waals surface area contributed by atoms with Crippen molar-refractivity contribution in [2.24, 2.45) is 0 Å². The number of anilines is 2. The Kier molecular flexibility index (Phi) is 5.86. The van der Waals surface area contributed by atoms with Gasteiger partial charge in [-0.15, -0.1) is 0 Å². The van der Waals surface area contributed by atoms with E-state index in [-0.39, 0.29) is 28.5 Å². The molecule has 4 aromatic rings. The Bertz CT molecular complexity index is 1280. The van der Waals surface area contributed by atoms with Crippen LogP contribution in [-0.4, -0.2) is 29.3 Å². The number of rotatable bonds is 5. The SMILES string of the molecule is CCCc1cc(Nc2ncc(C(F)(F)F)cn2)c2ncc(-c3nscc3C(F)(F)F)nc2n1. The fourth-order valence-electron chi connectivity index (χ4n) is 2.93. The molecule has 0 radical (unpaired) electrons. The van der Waals surface area contributed by atoms with Crippen LogP contribution in [0, 0.1) is 0 Å². The first-order valence-corrected chi connectivity index (χ1v) is 10.2. The standard InChI is InChI=1S/C19H13F6N7S/c1-2-3-10-4-12(31-17-27-5-9(6-28-17)18(20,21)22)15-16(29-10)30-13(7-26-15)14-11(8-33-32-14)19(23,24)25/h4-8H,2-3H2,1H3,(H,27,28,29,30,31). The van der Waals surface area contributed by atoms with E-state index in [1.165, 1.54) is 0 Å². The predicted molar refractivity (Wildman–Crippen MR) is 108 cm³/mol. The molecule has 14 heteroatoms. The number of hydrogen-bond acceptors (Lipinski definition) is 8. The lowest BCUT2D eigenvalue weighted by Crippen LogP contribution is -2.08. The Morgan fingerprint density at radius 2 is 1.67 bits per heavy atom. The third-order valence-corrected chi connectivity index (χ3v) is 5.05. The van der Waals surface area contributed by atoms with Gasteiger partial charge in [-0.3, -0.25) is 0 Å². The van der Waals surface area contributed by atoms with Crippen LogP contribution < -0.4 is 5.32 Å². The smallest absolute Gasteiger partial charge is 0.322 e. The predicted octanol–water partition coefficient (Wildman–Crippen LogP) is 5.67. The number of alkyl halides is 6. The average Bonchev–Trinajstić information content (AvgIpc) is 3.24. The van der Waals surface area contributed by atoms with Crippen molar-refractivity contribution in [2.75, 3.05) is 5.32 Å². The van der Waals surface area contributed by atoms with Gasteiger partial charge in [0.25, 0.3) is 0 Å². The summed E-state index contributed by atoms with van der Waals surface area (Å²) >= 11 is 0.645. The van der Waals surface area contributed by atoms with Crippen molar-refractivity contribution in [3.8, 4) is 11.4 Å². The highest BCUT2D eigenvalue weighted by atomic mass is 32.1. The molecule has 0 unspecified atom stereocenters. The van der Waals surface area contributed by atoms with Crippen molar-refractivity contribution in [2.45, 2.75) is 32.1 Å². The van der Waals surface area contributed by atoms with Gasteiger partial charge in [-0.05, 0) is 24.0 Å². The molecule has 0 fully saturated rings. The third kappa shape index (κ3) is 4.84. The maximum absolute atomic E-state index is 13.3. The van der Waals surface area contributed by atoms with Crippen LogP contribution in [0.25, 0.3) is 22.6 Å². The van der Waals surface area contributed by atoms with E-state index in [9.17, 15) is 26.3 Å². The van der Waals surface area contributed by atoms with Crippen molar-refractivity contribution in [3.63, 3.8) is 0 Å². The van der Waals surface area contributed by atoms with E-state index in [4.69, 9.17) is 0 Å². The minimum Gasteiger partial charge on any atom is -0.322 e. The van der Waals surface area contributed by atoms with Crippen LogP contribution >= 0.6 is 11.5 Å². The molecule has 0 atom stereocenters. The zero-order chi connectivity index (χ0) is 23.8. The van der Waals surface area contributed by atoms with Crippen molar-refractivity contribution >= 4 is 34.3 Å². The van der Waals surface area contributed by atoms with E-state index < -0.39 is 23.5 Å². The van der Waals surface area contributed by atoms with Crippen LogP contribution in [0.2, 0.25) is 0 Å². The molecular weight excluding hydrogens is 472 g/mol. The summed E-state index contributed by atoms with van der Waals surface area (Å²) in [6.07, 6.45) is -5.55. The summed E-state index contributed by atoms with van der Waals surface area (Å²) in [6, 6.07) is 1.62. The molecule has 0 aliphatic heterocycles. The second-order valence-electron chi connectivity index (χ2n) is 6.83. The number of nitrogens with zero attached hydrogens (tertiary/aromatic N) is 6. The van der Waals surface area contributed by atoms with Crippen LogP contribution in [0.15, 0.2) is 30.0 Å². The fraction of sp³-hybridized carbons (Fsp3) is 0.263. The Hall–Kier alpha value is -3.42. The summed E-state index contributed by atoms with van der Waals surface area (Å²) in [5.41, 5.74) is -1.30. The van der Waals surface area contributed by atoms with E-state index in [1.54, 1.807) is 6.07 Å². The Labute approximate surface area is 186 Å². The molecule has 0 aliphatic carbocycles. The normalized spacial score (nSPS) is 12.3. The summed E-state index contributed by atoms with van der Waals surface area (Å²) in [5, 5.41) is 3.67. The molecule has 0 amide bonds. The van der Waals surface area contributed by atoms with E-state index in [0.29, 0.717) is 48.1 Å². The topological polar surface area (TPSA) is 89.4 Å². The maximum Gasteiger partial charge on any atom is 0.419 e. The van der Waals surface area contributed by atoms with Crippen molar-refractivity contribution in [1.29, 1.82) is 0 Å². The van der Waals surface area contributed by atoms with Crippen molar-refractivity contribution < 1.29 is 26.3 Å². The lowest BCUT2D eigenvalue weighted by atomic mass is 10.2. The van der Waals surface area contributed by atoms with Gasteiger partial charge >= 0.3 is 12.4 Å². The van der Waals surface area contributed by atoms with Gasteiger partial charge in [-0.25, -0.2) is 24.9 Å². The quantitative estimate of drug-likeness (QED) is 0.364. The monoisotopic (exact) mass is 485 g/mol. The first-order chi connectivity index (χ1) is 15.6. The summed E-state index contributed by atoms with van der Waals surface area (Å²) in [6.45, 7) is 1.91. The number of aromatic nitrogens is 6. The summed E-state index contributed by atoms with van der Waals surface area (Å²) in [4.78, 5) is 20.1. The zero-order valence-corrected chi connectivity index (χ0v) is 17.5. The molecule has 0 saturated carbocycles.